The minimum atomic E-state index is 0.201. The summed E-state index contributed by atoms with van der Waals surface area (Å²) in [7, 11) is 1.68. The zero-order valence-electron chi connectivity index (χ0n) is 20.9. The Balaban J connectivity index is 1.48. The number of carbonyl (C=O) groups is 1. The van der Waals surface area contributed by atoms with Crippen molar-refractivity contribution in [3.05, 3.63) is 77.2 Å². The van der Waals surface area contributed by atoms with Gasteiger partial charge >= 0.3 is 0 Å². The summed E-state index contributed by atoms with van der Waals surface area (Å²) in [6, 6.07) is 18.3. The first-order valence-corrected chi connectivity index (χ1v) is 13.3. The highest BCUT2D eigenvalue weighted by Gasteiger charge is 2.23. The molecule has 0 saturated carbocycles. The third kappa shape index (κ3) is 6.54. The van der Waals surface area contributed by atoms with Crippen molar-refractivity contribution in [1.82, 2.24) is 14.9 Å². The third-order valence-electron chi connectivity index (χ3n) is 6.31. The molecule has 7 heteroatoms. The fraction of sp³-hybridized carbons (Fsp3) is 0.393. The highest BCUT2D eigenvalue weighted by molar-refractivity contribution is 8.00. The Morgan fingerprint density at radius 1 is 1.00 bits per heavy atom. The number of benzene rings is 2. The summed E-state index contributed by atoms with van der Waals surface area (Å²) < 4.78 is 5.32. The van der Waals surface area contributed by atoms with Gasteiger partial charge in [-0.1, -0.05) is 37.3 Å². The van der Waals surface area contributed by atoms with Gasteiger partial charge in [0.2, 0.25) is 5.91 Å². The number of hydrogen-bond donors (Lipinski definition) is 0. The summed E-state index contributed by atoms with van der Waals surface area (Å²) in [6.07, 6.45) is 2.56. The van der Waals surface area contributed by atoms with E-state index in [4.69, 9.17) is 14.7 Å². The van der Waals surface area contributed by atoms with Crippen LogP contribution in [0.5, 0.6) is 5.75 Å². The third-order valence-corrected chi connectivity index (χ3v) is 7.31. The van der Waals surface area contributed by atoms with E-state index in [2.05, 4.69) is 36.1 Å². The van der Waals surface area contributed by atoms with E-state index in [1.54, 1.807) is 18.9 Å². The summed E-state index contributed by atoms with van der Waals surface area (Å²) in [5.41, 5.74) is 3.49. The molecule has 1 aliphatic heterocycles. The first kappa shape index (κ1) is 25.0. The van der Waals surface area contributed by atoms with Crippen molar-refractivity contribution in [3.63, 3.8) is 0 Å². The zero-order chi connectivity index (χ0) is 24.6. The lowest BCUT2D eigenvalue weighted by atomic mass is 10.0. The Morgan fingerprint density at radius 3 is 2.49 bits per heavy atom. The van der Waals surface area contributed by atoms with Crippen LogP contribution in [0.15, 0.2) is 59.5 Å². The standard InChI is InChI=1S/C28H34N4O2S/c1-4-26-25(19-22-11-13-23(34-3)14-12-22)28(30-21(2)29-26)32-16-8-15-31(17-18-32)27(33)20-35-24-9-6-5-7-10-24/h5-7,9-14H,4,8,15-20H2,1-3H3. The Labute approximate surface area is 212 Å². The minimum absolute atomic E-state index is 0.201. The number of carbonyl (C=O) groups excluding carboxylic acids is 1. The van der Waals surface area contributed by atoms with Gasteiger partial charge in [0, 0.05) is 48.8 Å². The fourth-order valence-electron chi connectivity index (χ4n) is 4.45. The summed E-state index contributed by atoms with van der Waals surface area (Å²) in [6.45, 7) is 7.26. The molecule has 1 saturated heterocycles. The number of anilines is 1. The normalized spacial score (nSPS) is 14.0. The van der Waals surface area contributed by atoms with Crippen LogP contribution in [0.25, 0.3) is 0 Å². The molecule has 3 aromatic rings. The summed E-state index contributed by atoms with van der Waals surface area (Å²) >= 11 is 1.60. The lowest BCUT2D eigenvalue weighted by Crippen LogP contribution is -2.36. The van der Waals surface area contributed by atoms with Crippen LogP contribution in [0.4, 0.5) is 5.82 Å². The highest BCUT2D eigenvalue weighted by Crippen LogP contribution is 2.27. The quantitative estimate of drug-likeness (QED) is 0.424. The largest absolute Gasteiger partial charge is 0.497 e. The SMILES string of the molecule is CCc1nc(C)nc(N2CCCN(C(=O)CSc3ccccc3)CC2)c1Cc1ccc(OC)cc1. The Hall–Kier alpha value is -3.06. The van der Waals surface area contributed by atoms with Gasteiger partial charge in [0.25, 0.3) is 0 Å². The number of aromatic nitrogens is 2. The number of hydrogen-bond acceptors (Lipinski definition) is 6. The monoisotopic (exact) mass is 490 g/mol. The van der Waals surface area contributed by atoms with Crippen molar-refractivity contribution in [1.29, 1.82) is 0 Å². The highest BCUT2D eigenvalue weighted by atomic mass is 32.2. The minimum Gasteiger partial charge on any atom is -0.497 e. The molecule has 0 spiro atoms. The topological polar surface area (TPSA) is 58.6 Å². The van der Waals surface area contributed by atoms with Gasteiger partial charge in [-0.15, -0.1) is 11.8 Å². The Bertz CT molecular complexity index is 1120. The van der Waals surface area contributed by atoms with Crippen molar-refractivity contribution < 1.29 is 9.53 Å². The van der Waals surface area contributed by atoms with Crippen molar-refractivity contribution >= 4 is 23.5 Å². The van der Waals surface area contributed by atoms with E-state index < -0.39 is 0 Å². The van der Waals surface area contributed by atoms with Crippen LogP contribution in [-0.4, -0.2) is 59.8 Å². The molecule has 4 rings (SSSR count). The summed E-state index contributed by atoms with van der Waals surface area (Å²) in [5.74, 6) is 3.34. The fourth-order valence-corrected chi connectivity index (χ4v) is 5.27. The second-order valence-corrected chi connectivity index (χ2v) is 9.77. The first-order valence-electron chi connectivity index (χ1n) is 12.3. The van der Waals surface area contributed by atoms with Crippen molar-refractivity contribution in [2.45, 2.75) is 38.0 Å². The van der Waals surface area contributed by atoms with E-state index in [0.29, 0.717) is 12.3 Å². The van der Waals surface area contributed by atoms with Crippen molar-refractivity contribution in [2.75, 3.05) is 43.9 Å². The van der Waals surface area contributed by atoms with E-state index in [0.717, 1.165) is 66.9 Å². The number of methoxy groups -OCH3 is 1. The molecule has 0 aliphatic carbocycles. The molecule has 0 N–H and O–H groups in total. The molecule has 35 heavy (non-hydrogen) atoms. The molecule has 184 valence electrons. The number of rotatable bonds is 8. The van der Waals surface area contributed by atoms with Crippen LogP contribution < -0.4 is 9.64 Å². The van der Waals surface area contributed by atoms with E-state index in [1.165, 1.54) is 11.1 Å². The number of thioether (sulfide) groups is 1. The summed E-state index contributed by atoms with van der Waals surface area (Å²) in [4.78, 5) is 28.1. The van der Waals surface area contributed by atoms with Crippen LogP contribution in [0, 0.1) is 6.92 Å². The smallest absolute Gasteiger partial charge is 0.232 e. The van der Waals surface area contributed by atoms with Gasteiger partial charge in [0.1, 0.15) is 17.4 Å². The molecule has 0 unspecified atom stereocenters. The second kappa shape index (κ2) is 12.1. The number of nitrogens with zero attached hydrogens (tertiary/aromatic N) is 4. The molecule has 2 heterocycles. The van der Waals surface area contributed by atoms with Crippen LogP contribution >= 0.6 is 11.8 Å². The molecule has 1 amide bonds. The average Bonchev–Trinajstić information content (AvgIpc) is 3.15. The zero-order valence-corrected chi connectivity index (χ0v) is 21.7. The van der Waals surface area contributed by atoms with E-state index in [-0.39, 0.29) is 5.91 Å². The lowest BCUT2D eigenvalue weighted by molar-refractivity contribution is -0.128. The first-order chi connectivity index (χ1) is 17.1. The van der Waals surface area contributed by atoms with Crippen LogP contribution in [-0.2, 0) is 17.6 Å². The maximum atomic E-state index is 12.9. The van der Waals surface area contributed by atoms with Crippen LogP contribution in [0.3, 0.4) is 0 Å². The maximum absolute atomic E-state index is 12.9. The predicted molar refractivity (Wildman–Crippen MR) is 143 cm³/mol. The van der Waals surface area contributed by atoms with E-state index >= 15 is 0 Å². The molecular weight excluding hydrogens is 456 g/mol. The Morgan fingerprint density at radius 2 is 1.77 bits per heavy atom. The predicted octanol–water partition coefficient (Wildman–Crippen LogP) is 4.78. The molecule has 0 atom stereocenters. The van der Waals surface area contributed by atoms with Crippen LogP contribution in [0.2, 0.25) is 0 Å². The molecule has 1 fully saturated rings. The molecule has 6 nitrogen and oxygen atoms in total. The van der Waals surface area contributed by atoms with Gasteiger partial charge < -0.3 is 14.5 Å². The van der Waals surface area contributed by atoms with Gasteiger partial charge in [-0.05, 0) is 49.6 Å². The van der Waals surface area contributed by atoms with Crippen LogP contribution in [0.1, 0.15) is 36.0 Å². The number of ether oxygens (including phenoxy) is 1. The molecule has 1 aliphatic rings. The van der Waals surface area contributed by atoms with Gasteiger partial charge in [0.15, 0.2) is 0 Å². The van der Waals surface area contributed by atoms with Gasteiger partial charge in [-0.3, -0.25) is 4.79 Å². The second-order valence-electron chi connectivity index (χ2n) is 8.72. The molecular formula is C28H34N4O2S. The Kier molecular flexibility index (Phi) is 8.64. The number of aryl methyl sites for hydroxylation is 2. The molecule has 1 aromatic heterocycles. The van der Waals surface area contributed by atoms with Gasteiger partial charge in [-0.2, -0.15) is 0 Å². The molecule has 0 radical (unpaired) electrons. The summed E-state index contributed by atoms with van der Waals surface area (Å²) in [5, 5.41) is 0. The van der Waals surface area contributed by atoms with Gasteiger partial charge in [0.05, 0.1) is 12.9 Å². The maximum Gasteiger partial charge on any atom is 0.232 e. The lowest BCUT2D eigenvalue weighted by Gasteiger charge is -2.26. The molecule has 2 aromatic carbocycles. The van der Waals surface area contributed by atoms with E-state index in [9.17, 15) is 4.79 Å². The van der Waals surface area contributed by atoms with Crippen molar-refractivity contribution in [3.8, 4) is 5.75 Å². The van der Waals surface area contributed by atoms with E-state index in [1.807, 2.05) is 42.2 Å². The number of amides is 1. The van der Waals surface area contributed by atoms with Crippen molar-refractivity contribution in [2.24, 2.45) is 0 Å². The average molecular weight is 491 g/mol. The van der Waals surface area contributed by atoms with Gasteiger partial charge in [-0.25, -0.2) is 9.97 Å². The molecule has 0 bridgehead atoms.